The predicted molar refractivity (Wildman–Crippen MR) is 98.3 cm³/mol. The summed E-state index contributed by atoms with van der Waals surface area (Å²) in [6, 6.07) is 10.6. The molecule has 1 atom stereocenters. The standard InChI is InChI=1S/C19H30N4O/c24-19(21-10-7-17-6-9-20-16-17)8-11-22-12-14-23(15-13-22)18-4-2-1-3-5-18/h1-5,17,20H,6-16H2,(H,21,24). The van der Waals surface area contributed by atoms with E-state index in [1.165, 1.54) is 12.1 Å². The Morgan fingerprint density at radius 1 is 1.17 bits per heavy atom. The van der Waals surface area contributed by atoms with Crippen LogP contribution in [0.1, 0.15) is 19.3 Å². The lowest BCUT2D eigenvalue weighted by atomic mass is 10.1. The van der Waals surface area contributed by atoms with E-state index in [4.69, 9.17) is 0 Å². The van der Waals surface area contributed by atoms with E-state index in [9.17, 15) is 4.79 Å². The summed E-state index contributed by atoms with van der Waals surface area (Å²) in [4.78, 5) is 16.8. The Morgan fingerprint density at radius 2 is 1.96 bits per heavy atom. The number of hydrogen-bond acceptors (Lipinski definition) is 4. The Labute approximate surface area is 145 Å². The second-order valence-corrected chi connectivity index (χ2v) is 6.91. The summed E-state index contributed by atoms with van der Waals surface area (Å²) >= 11 is 0. The van der Waals surface area contributed by atoms with Gasteiger partial charge in [-0.15, -0.1) is 0 Å². The lowest BCUT2D eigenvalue weighted by Crippen LogP contribution is -2.47. The van der Waals surface area contributed by atoms with Gasteiger partial charge in [0.05, 0.1) is 0 Å². The zero-order valence-corrected chi connectivity index (χ0v) is 14.5. The zero-order chi connectivity index (χ0) is 16.6. The molecule has 2 aliphatic heterocycles. The number of piperazine rings is 1. The monoisotopic (exact) mass is 330 g/mol. The number of benzene rings is 1. The van der Waals surface area contributed by atoms with Gasteiger partial charge in [-0.05, 0) is 44.0 Å². The van der Waals surface area contributed by atoms with Crippen molar-refractivity contribution in [2.75, 3.05) is 57.3 Å². The molecule has 0 radical (unpaired) electrons. The van der Waals surface area contributed by atoms with E-state index in [-0.39, 0.29) is 5.91 Å². The maximum atomic E-state index is 12.0. The van der Waals surface area contributed by atoms with Crippen LogP contribution in [0.5, 0.6) is 0 Å². The lowest BCUT2D eigenvalue weighted by Gasteiger charge is -2.36. The van der Waals surface area contributed by atoms with E-state index >= 15 is 0 Å². The van der Waals surface area contributed by atoms with Crippen molar-refractivity contribution in [2.45, 2.75) is 19.3 Å². The van der Waals surface area contributed by atoms with Gasteiger partial charge in [0.15, 0.2) is 0 Å². The minimum absolute atomic E-state index is 0.200. The van der Waals surface area contributed by atoms with Crippen molar-refractivity contribution in [2.24, 2.45) is 5.92 Å². The van der Waals surface area contributed by atoms with Crippen molar-refractivity contribution in [1.29, 1.82) is 0 Å². The van der Waals surface area contributed by atoms with Crippen molar-refractivity contribution in [3.63, 3.8) is 0 Å². The average molecular weight is 330 g/mol. The van der Waals surface area contributed by atoms with Crippen LogP contribution >= 0.6 is 0 Å². The van der Waals surface area contributed by atoms with Crippen LogP contribution in [-0.2, 0) is 4.79 Å². The maximum absolute atomic E-state index is 12.0. The molecule has 1 unspecified atom stereocenters. The predicted octanol–water partition coefficient (Wildman–Crippen LogP) is 1.31. The quantitative estimate of drug-likeness (QED) is 0.791. The number of carbonyl (C=O) groups is 1. The van der Waals surface area contributed by atoms with Gasteiger partial charge < -0.3 is 15.5 Å². The first-order chi connectivity index (χ1) is 11.8. The summed E-state index contributed by atoms with van der Waals surface area (Å²) in [6.45, 7) is 8.11. The number of anilines is 1. The Bertz CT molecular complexity index is 493. The van der Waals surface area contributed by atoms with Gasteiger partial charge in [-0.1, -0.05) is 18.2 Å². The molecule has 2 saturated heterocycles. The smallest absolute Gasteiger partial charge is 0.221 e. The second-order valence-electron chi connectivity index (χ2n) is 6.91. The number of nitrogens with zero attached hydrogens (tertiary/aromatic N) is 2. The minimum atomic E-state index is 0.200. The van der Waals surface area contributed by atoms with E-state index in [2.05, 4.69) is 50.8 Å². The van der Waals surface area contributed by atoms with E-state index in [1.54, 1.807) is 0 Å². The molecule has 132 valence electrons. The molecule has 2 heterocycles. The van der Waals surface area contributed by atoms with Crippen LogP contribution in [0, 0.1) is 5.92 Å². The highest BCUT2D eigenvalue weighted by atomic mass is 16.1. The number of rotatable bonds is 7. The van der Waals surface area contributed by atoms with Crippen LogP contribution in [0.2, 0.25) is 0 Å². The molecular weight excluding hydrogens is 300 g/mol. The topological polar surface area (TPSA) is 47.6 Å². The highest BCUT2D eigenvalue weighted by molar-refractivity contribution is 5.76. The van der Waals surface area contributed by atoms with E-state index < -0.39 is 0 Å². The molecule has 0 spiro atoms. The lowest BCUT2D eigenvalue weighted by molar-refractivity contribution is -0.121. The fraction of sp³-hybridized carbons (Fsp3) is 0.632. The molecule has 2 fully saturated rings. The van der Waals surface area contributed by atoms with E-state index in [0.29, 0.717) is 6.42 Å². The number of hydrogen-bond donors (Lipinski definition) is 2. The number of amides is 1. The van der Waals surface area contributed by atoms with Crippen LogP contribution in [0.3, 0.4) is 0 Å². The van der Waals surface area contributed by atoms with Crippen molar-refractivity contribution in [3.8, 4) is 0 Å². The van der Waals surface area contributed by atoms with Crippen LogP contribution in [-0.4, -0.2) is 63.2 Å². The van der Waals surface area contributed by atoms with Gasteiger partial charge in [-0.2, -0.15) is 0 Å². The average Bonchev–Trinajstić information content (AvgIpc) is 3.15. The molecule has 3 rings (SSSR count). The van der Waals surface area contributed by atoms with E-state index in [0.717, 1.165) is 64.7 Å². The Hall–Kier alpha value is -1.59. The van der Waals surface area contributed by atoms with Gasteiger partial charge >= 0.3 is 0 Å². The summed E-state index contributed by atoms with van der Waals surface area (Å²) in [5, 5.41) is 6.45. The molecule has 2 N–H and O–H groups in total. The zero-order valence-electron chi connectivity index (χ0n) is 14.5. The summed E-state index contributed by atoms with van der Waals surface area (Å²) in [5.74, 6) is 0.947. The number of nitrogens with one attached hydrogen (secondary N) is 2. The van der Waals surface area contributed by atoms with Crippen LogP contribution in [0.25, 0.3) is 0 Å². The third-order valence-electron chi connectivity index (χ3n) is 5.19. The fourth-order valence-electron chi connectivity index (χ4n) is 3.59. The van der Waals surface area contributed by atoms with Gasteiger partial charge in [0, 0.05) is 51.4 Å². The van der Waals surface area contributed by atoms with E-state index in [1.807, 2.05) is 0 Å². The maximum Gasteiger partial charge on any atom is 0.221 e. The molecule has 1 aromatic rings. The summed E-state index contributed by atoms with van der Waals surface area (Å²) in [5.41, 5.74) is 1.30. The van der Waals surface area contributed by atoms with Crippen molar-refractivity contribution in [1.82, 2.24) is 15.5 Å². The molecule has 0 saturated carbocycles. The van der Waals surface area contributed by atoms with Gasteiger partial charge in [0.25, 0.3) is 0 Å². The summed E-state index contributed by atoms with van der Waals surface area (Å²) in [6.07, 6.45) is 2.98. The first kappa shape index (κ1) is 17.2. The minimum Gasteiger partial charge on any atom is -0.369 e. The van der Waals surface area contributed by atoms with Gasteiger partial charge in [-0.25, -0.2) is 0 Å². The molecule has 0 aromatic heterocycles. The first-order valence-corrected chi connectivity index (χ1v) is 9.31. The molecule has 0 aliphatic carbocycles. The molecule has 5 nitrogen and oxygen atoms in total. The normalized spacial score (nSPS) is 21.8. The van der Waals surface area contributed by atoms with Crippen LogP contribution < -0.4 is 15.5 Å². The highest BCUT2D eigenvalue weighted by Gasteiger charge is 2.18. The van der Waals surface area contributed by atoms with Crippen molar-refractivity contribution < 1.29 is 4.79 Å². The SMILES string of the molecule is O=C(CCN1CCN(c2ccccc2)CC1)NCCC1CCNC1. The van der Waals surface area contributed by atoms with Gasteiger partial charge in [0.1, 0.15) is 0 Å². The molecule has 1 amide bonds. The Kier molecular flexibility index (Phi) is 6.49. The molecular formula is C19H30N4O. The van der Waals surface area contributed by atoms with Crippen molar-refractivity contribution >= 4 is 11.6 Å². The molecule has 2 aliphatic rings. The molecule has 0 bridgehead atoms. The third-order valence-corrected chi connectivity index (χ3v) is 5.19. The van der Waals surface area contributed by atoms with Crippen LogP contribution in [0.4, 0.5) is 5.69 Å². The number of para-hydroxylation sites is 1. The first-order valence-electron chi connectivity index (χ1n) is 9.31. The Morgan fingerprint density at radius 3 is 2.67 bits per heavy atom. The summed E-state index contributed by atoms with van der Waals surface area (Å²) < 4.78 is 0. The Balaban J connectivity index is 1.28. The number of carbonyl (C=O) groups excluding carboxylic acids is 1. The van der Waals surface area contributed by atoms with Crippen LogP contribution in [0.15, 0.2) is 30.3 Å². The fourth-order valence-corrected chi connectivity index (χ4v) is 3.59. The van der Waals surface area contributed by atoms with Crippen molar-refractivity contribution in [3.05, 3.63) is 30.3 Å². The van der Waals surface area contributed by atoms with Gasteiger partial charge in [0.2, 0.25) is 5.91 Å². The second kappa shape index (κ2) is 9.04. The molecule has 1 aromatic carbocycles. The third kappa shape index (κ3) is 5.21. The summed E-state index contributed by atoms with van der Waals surface area (Å²) in [7, 11) is 0. The highest BCUT2D eigenvalue weighted by Crippen LogP contribution is 2.15. The molecule has 5 heteroatoms. The molecule has 24 heavy (non-hydrogen) atoms. The largest absolute Gasteiger partial charge is 0.369 e. The van der Waals surface area contributed by atoms with Gasteiger partial charge in [-0.3, -0.25) is 9.69 Å².